The van der Waals surface area contributed by atoms with E-state index in [4.69, 9.17) is 25.8 Å². The zero-order chi connectivity index (χ0) is 31.2. The van der Waals surface area contributed by atoms with E-state index in [2.05, 4.69) is 27.9 Å². The van der Waals surface area contributed by atoms with Gasteiger partial charge in [0.05, 0.1) is 21.6 Å². The van der Waals surface area contributed by atoms with E-state index in [1.807, 2.05) is 62.4 Å². The number of nitrogens with zero attached hydrogens (tertiary/aromatic N) is 1. The van der Waals surface area contributed by atoms with Gasteiger partial charge < -0.3 is 19.5 Å². The van der Waals surface area contributed by atoms with Gasteiger partial charge in [-0.1, -0.05) is 54.1 Å². The number of anilines is 1. The molecule has 3 amide bonds. The molecule has 8 nitrogen and oxygen atoms in total. The van der Waals surface area contributed by atoms with Gasteiger partial charge >= 0.3 is 0 Å². The Morgan fingerprint density at radius 1 is 1.00 bits per heavy atom. The Labute approximate surface area is 277 Å². The Hall–Kier alpha value is -3.74. The van der Waals surface area contributed by atoms with Crippen LogP contribution in [0.1, 0.15) is 18.1 Å². The number of imide groups is 1. The van der Waals surface area contributed by atoms with Crippen LogP contribution in [0.15, 0.2) is 77.7 Å². The molecule has 1 fully saturated rings. The SMILES string of the molecule is CCOc1cc(/C=C2\SC(=O)N(CCOc3cccc4ccccc34)C2=O)cc(I)c1OCC(=O)Nc1ccc(C)c(Cl)c1. The van der Waals surface area contributed by atoms with Gasteiger partial charge in [0, 0.05) is 16.1 Å². The number of rotatable bonds is 11. The lowest BCUT2D eigenvalue weighted by molar-refractivity contribution is -0.123. The maximum Gasteiger partial charge on any atom is 0.293 e. The summed E-state index contributed by atoms with van der Waals surface area (Å²) in [5.41, 5.74) is 2.13. The fraction of sp³-hybridized carbons (Fsp3) is 0.182. The molecule has 0 radical (unpaired) electrons. The number of halogens is 2. The van der Waals surface area contributed by atoms with E-state index in [1.54, 1.807) is 30.3 Å². The summed E-state index contributed by atoms with van der Waals surface area (Å²) in [6, 6.07) is 22.4. The Bertz CT molecular complexity index is 1770. The smallest absolute Gasteiger partial charge is 0.293 e. The second kappa shape index (κ2) is 14.4. The molecule has 1 heterocycles. The summed E-state index contributed by atoms with van der Waals surface area (Å²) in [7, 11) is 0. The van der Waals surface area contributed by atoms with Crippen LogP contribution in [0.2, 0.25) is 5.02 Å². The van der Waals surface area contributed by atoms with Gasteiger partial charge in [0.15, 0.2) is 18.1 Å². The molecule has 44 heavy (non-hydrogen) atoms. The van der Waals surface area contributed by atoms with E-state index in [1.165, 1.54) is 4.90 Å². The van der Waals surface area contributed by atoms with Crippen molar-refractivity contribution in [2.45, 2.75) is 13.8 Å². The third-order valence-electron chi connectivity index (χ3n) is 6.63. The quantitative estimate of drug-likeness (QED) is 0.123. The number of hydrogen-bond donors (Lipinski definition) is 1. The molecule has 0 spiro atoms. The van der Waals surface area contributed by atoms with Crippen molar-refractivity contribution in [1.82, 2.24) is 4.90 Å². The van der Waals surface area contributed by atoms with E-state index < -0.39 is 0 Å². The van der Waals surface area contributed by atoms with Gasteiger partial charge in [-0.15, -0.1) is 0 Å². The summed E-state index contributed by atoms with van der Waals surface area (Å²) in [4.78, 5) is 39.9. The van der Waals surface area contributed by atoms with Crippen LogP contribution in [0.3, 0.4) is 0 Å². The number of carbonyl (C=O) groups is 3. The lowest BCUT2D eigenvalue weighted by atomic mass is 10.1. The monoisotopic (exact) mass is 742 g/mol. The normalized spacial score (nSPS) is 13.9. The molecule has 1 aliphatic rings. The first-order valence-electron chi connectivity index (χ1n) is 13.7. The van der Waals surface area contributed by atoms with Crippen molar-refractivity contribution in [3.63, 3.8) is 0 Å². The standard InChI is InChI=1S/C33H28ClIN2O6S/c1-3-41-28-16-21(15-26(35)31(28)43-19-30(38)36-23-12-11-20(2)25(34)18-23)17-29-32(39)37(33(40)44-29)13-14-42-27-10-6-8-22-7-4-5-9-24(22)27/h4-12,15-18H,3,13-14,19H2,1-2H3,(H,36,38)/b29-17-. The molecule has 0 aromatic heterocycles. The Morgan fingerprint density at radius 2 is 1.80 bits per heavy atom. The molecule has 0 unspecified atom stereocenters. The van der Waals surface area contributed by atoms with E-state index in [9.17, 15) is 14.4 Å². The van der Waals surface area contributed by atoms with Crippen LogP contribution in [0.5, 0.6) is 17.2 Å². The molecular formula is C33H28ClIN2O6S. The van der Waals surface area contributed by atoms with Crippen molar-refractivity contribution >= 4 is 85.5 Å². The zero-order valence-electron chi connectivity index (χ0n) is 23.9. The third kappa shape index (κ3) is 7.48. The predicted molar refractivity (Wildman–Crippen MR) is 183 cm³/mol. The van der Waals surface area contributed by atoms with Crippen LogP contribution >= 0.6 is 46.0 Å². The highest BCUT2D eigenvalue weighted by Crippen LogP contribution is 2.37. The lowest BCUT2D eigenvalue weighted by Crippen LogP contribution is -2.32. The maximum absolute atomic E-state index is 13.2. The van der Waals surface area contributed by atoms with Crippen LogP contribution < -0.4 is 19.5 Å². The van der Waals surface area contributed by atoms with Crippen LogP contribution in [0.4, 0.5) is 10.5 Å². The summed E-state index contributed by atoms with van der Waals surface area (Å²) >= 11 is 9.12. The molecule has 226 valence electrons. The first kappa shape index (κ1) is 31.7. The molecule has 1 N–H and O–H groups in total. The minimum Gasteiger partial charge on any atom is -0.491 e. The molecule has 11 heteroatoms. The fourth-order valence-corrected chi connectivity index (χ4v) is 6.32. The molecule has 1 saturated heterocycles. The molecule has 5 rings (SSSR count). The van der Waals surface area contributed by atoms with Crippen molar-refractivity contribution in [2.24, 2.45) is 0 Å². The molecule has 4 aromatic carbocycles. The molecule has 4 aromatic rings. The Morgan fingerprint density at radius 3 is 2.59 bits per heavy atom. The minimum absolute atomic E-state index is 0.122. The summed E-state index contributed by atoms with van der Waals surface area (Å²) in [5, 5.41) is 4.98. The van der Waals surface area contributed by atoms with Crippen molar-refractivity contribution in [2.75, 3.05) is 31.7 Å². The van der Waals surface area contributed by atoms with E-state index >= 15 is 0 Å². The van der Waals surface area contributed by atoms with E-state index in [0.29, 0.717) is 48.6 Å². The maximum atomic E-state index is 13.2. The lowest BCUT2D eigenvalue weighted by Gasteiger charge is -2.15. The van der Waals surface area contributed by atoms with Crippen molar-refractivity contribution in [3.05, 3.63) is 97.4 Å². The number of ether oxygens (including phenoxy) is 3. The van der Waals surface area contributed by atoms with Crippen LogP contribution in [-0.2, 0) is 9.59 Å². The second-order valence-electron chi connectivity index (χ2n) is 9.72. The topological polar surface area (TPSA) is 94.2 Å². The Balaban J connectivity index is 1.24. The number of benzene rings is 4. The predicted octanol–water partition coefficient (Wildman–Crippen LogP) is 7.94. The summed E-state index contributed by atoms with van der Waals surface area (Å²) < 4.78 is 18.3. The summed E-state index contributed by atoms with van der Waals surface area (Å²) in [6.07, 6.45) is 1.65. The number of thioether (sulfide) groups is 1. The van der Waals surface area contributed by atoms with E-state index in [0.717, 1.165) is 28.1 Å². The second-order valence-corrected chi connectivity index (χ2v) is 12.3. The fourth-order valence-electron chi connectivity index (χ4n) is 4.49. The number of fused-ring (bicyclic) bond motifs is 1. The minimum atomic E-state index is -0.386. The molecule has 1 aliphatic heterocycles. The summed E-state index contributed by atoms with van der Waals surface area (Å²) in [6.45, 7) is 4.12. The third-order valence-corrected chi connectivity index (χ3v) is 8.74. The molecule has 0 saturated carbocycles. The van der Waals surface area contributed by atoms with Gasteiger partial charge in [0.1, 0.15) is 12.4 Å². The highest BCUT2D eigenvalue weighted by molar-refractivity contribution is 14.1. The van der Waals surface area contributed by atoms with Gasteiger partial charge in [-0.3, -0.25) is 19.3 Å². The highest BCUT2D eigenvalue weighted by atomic mass is 127. The molecular weight excluding hydrogens is 715 g/mol. The van der Waals surface area contributed by atoms with Gasteiger partial charge in [-0.05, 0) is 101 Å². The van der Waals surface area contributed by atoms with Crippen molar-refractivity contribution < 1.29 is 28.6 Å². The number of nitrogens with one attached hydrogen (secondary N) is 1. The number of carbonyl (C=O) groups excluding carboxylic acids is 3. The van der Waals surface area contributed by atoms with Gasteiger partial charge in [0.2, 0.25) is 0 Å². The van der Waals surface area contributed by atoms with Crippen molar-refractivity contribution in [3.8, 4) is 17.2 Å². The average molecular weight is 743 g/mol. The first-order chi connectivity index (χ1) is 21.2. The highest BCUT2D eigenvalue weighted by Gasteiger charge is 2.35. The molecule has 0 aliphatic carbocycles. The van der Waals surface area contributed by atoms with Crippen molar-refractivity contribution in [1.29, 1.82) is 0 Å². The van der Waals surface area contributed by atoms with Gasteiger partial charge in [0.25, 0.3) is 17.1 Å². The largest absolute Gasteiger partial charge is 0.491 e. The van der Waals surface area contributed by atoms with Crippen LogP contribution in [0, 0.1) is 10.5 Å². The Kier molecular flexibility index (Phi) is 10.3. The number of aryl methyl sites for hydroxylation is 1. The van der Waals surface area contributed by atoms with Gasteiger partial charge in [-0.2, -0.15) is 0 Å². The number of hydrogen-bond acceptors (Lipinski definition) is 7. The van der Waals surface area contributed by atoms with Gasteiger partial charge in [-0.25, -0.2) is 0 Å². The molecule has 0 atom stereocenters. The van der Waals surface area contributed by atoms with Crippen LogP contribution in [-0.4, -0.2) is 48.3 Å². The zero-order valence-corrected chi connectivity index (χ0v) is 27.6. The van der Waals surface area contributed by atoms with E-state index in [-0.39, 0.29) is 36.8 Å². The first-order valence-corrected chi connectivity index (χ1v) is 16.0. The molecule has 0 bridgehead atoms. The number of amides is 3. The average Bonchev–Trinajstić information content (AvgIpc) is 3.26. The summed E-state index contributed by atoms with van der Waals surface area (Å²) in [5.74, 6) is 0.774. The van der Waals surface area contributed by atoms with Crippen LogP contribution in [0.25, 0.3) is 16.8 Å².